The van der Waals surface area contributed by atoms with E-state index < -0.39 is 6.10 Å². The van der Waals surface area contributed by atoms with Gasteiger partial charge in [0.1, 0.15) is 6.10 Å². The molecule has 0 radical (unpaired) electrons. The highest BCUT2D eigenvalue weighted by Crippen LogP contribution is 2.26. The smallest absolute Gasteiger partial charge is 0.100 e. The van der Waals surface area contributed by atoms with Crippen molar-refractivity contribution in [1.29, 1.82) is 0 Å². The average Bonchev–Trinajstić information content (AvgIpc) is 2.95. The lowest BCUT2D eigenvalue weighted by atomic mass is 10.1. The summed E-state index contributed by atoms with van der Waals surface area (Å²) in [5, 5.41) is 16.8. The minimum Gasteiger partial charge on any atom is -0.386 e. The van der Waals surface area contributed by atoms with Crippen LogP contribution in [-0.2, 0) is 19.4 Å². The van der Waals surface area contributed by atoms with Crippen LogP contribution in [0, 0.1) is 0 Å². The molecule has 1 N–H and O–H groups in total. The zero-order valence-electron chi connectivity index (χ0n) is 10.6. The number of nitrogens with zero attached hydrogens (tertiary/aromatic N) is 2. The Morgan fingerprint density at radius 1 is 1.44 bits per heavy atom. The quantitative estimate of drug-likeness (QED) is 0.911. The summed E-state index contributed by atoms with van der Waals surface area (Å²) in [6.07, 6.45) is 1.06. The highest BCUT2D eigenvalue weighted by Gasteiger charge is 2.16. The Kier molecular flexibility index (Phi) is 4.59. The molecule has 0 saturated heterocycles. The molecule has 3 nitrogen and oxygen atoms in total. The van der Waals surface area contributed by atoms with E-state index >= 15 is 0 Å². The molecule has 2 aromatic heterocycles. The molecule has 5 heteroatoms. The van der Waals surface area contributed by atoms with Crippen molar-refractivity contribution < 1.29 is 5.11 Å². The van der Waals surface area contributed by atoms with Crippen LogP contribution < -0.4 is 0 Å². The number of hydrogen-bond acceptors (Lipinski definition) is 3. The summed E-state index contributed by atoms with van der Waals surface area (Å²) in [5.74, 6) is 0. The fraction of sp³-hybridized carbons (Fsp3) is 0.462. The van der Waals surface area contributed by atoms with E-state index in [1.807, 2.05) is 23.1 Å². The normalized spacial score (nSPS) is 12.9. The molecule has 0 bridgehead atoms. The van der Waals surface area contributed by atoms with E-state index in [1.54, 1.807) is 11.3 Å². The van der Waals surface area contributed by atoms with Gasteiger partial charge in [0.2, 0.25) is 0 Å². The fourth-order valence-corrected chi connectivity index (χ4v) is 3.43. The lowest BCUT2D eigenvalue weighted by molar-refractivity contribution is 0.168. The van der Waals surface area contributed by atoms with Crippen LogP contribution in [0.25, 0.3) is 0 Å². The average molecular weight is 329 g/mol. The first-order valence-corrected chi connectivity index (χ1v) is 7.78. The van der Waals surface area contributed by atoms with E-state index in [1.165, 1.54) is 4.88 Å². The van der Waals surface area contributed by atoms with Crippen molar-refractivity contribution in [2.75, 3.05) is 0 Å². The molecule has 98 valence electrons. The van der Waals surface area contributed by atoms with E-state index in [0.717, 1.165) is 28.8 Å². The lowest BCUT2D eigenvalue weighted by Gasteiger charge is -2.11. The second kappa shape index (κ2) is 5.99. The maximum atomic E-state index is 10.3. The number of rotatable bonds is 5. The largest absolute Gasteiger partial charge is 0.386 e. The van der Waals surface area contributed by atoms with Gasteiger partial charge in [-0.1, -0.05) is 6.92 Å². The minimum absolute atomic E-state index is 0.483. The Bertz CT molecular complexity index is 521. The highest BCUT2D eigenvalue weighted by atomic mass is 79.9. The molecule has 2 heterocycles. The third-order valence-electron chi connectivity index (χ3n) is 2.88. The van der Waals surface area contributed by atoms with Crippen molar-refractivity contribution in [1.82, 2.24) is 9.78 Å². The van der Waals surface area contributed by atoms with Gasteiger partial charge in [-0.25, -0.2) is 0 Å². The molecule has 0 spiro atoms. The van der Waals surface area contributed by atoms with E-state index in [9.17, 15) is 5.11 Å². The summed E-state index contributed by atoms with van der Waals surface area (Å²) >= 11 is 5.10. The van der Waals surface area contributed by atoms with Gasteiger partial charge in [0, 0.05) is 27.7 Å². The molecule has 2 aromatic rings. The number of halogens is 1. The molecule has 1 atom stereocenters. The van der Waals surface area contributed by atoms with Gasteiger partial charge < -0.3 is 5.11 Å². The van der Waals surface area contributed by atoms with Gasteiger partial charge in [-0.15, -0.1) is 11.3 Å². The van der Waals surface area contributed by atoms with Gasteiger partial charge in [-0.05, 0) is 41.4 Å². The first-order valence-electron chi connectivity index (χ1n) is 6.11. The molecule has 2 rings (SSSR count). The maximum absolute atomic E-state index is 10.3. The summed E-state index contributed by atoms with van der Waals surface area (Å²) in [6.45, 7) is 4.92. The second-order valence-electron chi connectivity index (χ2n) is 4.18. The van der Waals surface area contributed by atoms with E-state index in [0.29, 0.717) is 6.42 Å². The van der Waals surface area contributed by atoms with Crippen LogP contribution in [0.5, 0.6) is 0 Å². The fourth-order valence-electron chi connectivity index (χ4n) is 1.94. The zero-order chi connectivity index (χ0) is 13.1. The molecule has 0 saturated carbocycles. The van der Waals surface area contributed by atoms with E-state index in [4.69, 9.17) is 0 Å². The van der Waals surface area contributed by atoms with Crippen molar-refractivity contribution in [3.63, 3.8) is 0 Å². The Morgan fingerprint density at radius 3 is 2.78 bits per heavy atom. The number of aromatic nitrogens is 2. The molecule has 0 aliphatic carbocycles. The predicted molar refractivity (Wildman–Crippen MR) is 78.0 cm³/mol. The topological polar surface area (TPSA) is 38.0 Å². The molecule has 0 aromatic carbocycles. The Hall–Kier alpha value is -0.650. The molecule has 18 heavy (non-hydrogen) atoms. The number of aliphatic hydroxyl groups excluding tert-OH is 1. The summed E-state index contributed by atoms with van der Waals surface area (Å²) in [7, 11) is 0. The lowest BCUT2D eigenvalue weighted by Crippen LogP contribution is -2.09. The zero-order valence-corrected chi connectivity index (χ0v) is 13.0. The van der Waals surface area contributed by atoms with Crippen molar-refractivity contribution in [2.45, 2.75) is 39.3 Å². The van der Waals surface area contributed by atoms with Gasteiger partial charge in [-0.2, -0.15) is 5.10 Å². The van der Waals surface area contributed by atoms with Crippen LogP contribution in [0.15, 0.2) is 22.0 Å². The van der Waals surface area contributed by atoms with Crippen molar-refractivity contribution in [2.24, 2.45) is 0 Å². The summed E-state index contributed by atoms with van der Waals surface area (Å²) in [4.78, 5) is 1.18. The number of thiophene rings is 1. The van der Waals surface area contributed by atoms with Crippen LogP contribution in [0.1, 0.15) is 36.2 Å². The van der Waals surface area contributed by atoms with Crippen LogP contribution >= 0.6 is 27.3 Å². The summed E-state index contributed by atoms with van der Waals surface area (Å²) in [5.41, 5.74) is 1.96. The Labute approximate surface area is 120 Å². The predicted octanol–water partition coefficient (Wildman–Crippen LogP) is 3.57. The summed E-state index contributed by atoms with van der Waals surface area (Å²) in [6, 6.07) is 4.07. The molecule has 1 unspecified atom stereocenters. The molecule has 0 amide bonds. The van der Waals surface area contributed by atoms with Gasteiger partial charge in [0.15, 0.2) is 0 Å². The standard InChI is InChI=1S/C13H17BrN2OS/c1-3-10-6-12(16(4-2)15-10)13(17)7-11-5-9(14)8-18-11/h5-6,8,13,17H,3-4,7H2,1-2H3. The SMILES string of the molecule is CCc1cc(C(O)Cc2cc(Br)cs2)n(CC)n1. The van der Waals surface area contributed by atoms with Crippen LogP contribution in [0.4, 0.5) is 0 Å². The van der Waals surface area contributed by atoms with Crippen LogP contribution in [-0.4, -0.2) is 14.9 Å². The molecule has 0 fully saturated rings. The van der Waals surface area contributed by atoms with Crippen LogP contribution in [0.3, 0.4) is 0 Å². The third-order valence-corrected chi connectivity index (χ3v) is 4.60. The van der Waals surface area contributed by atoms with E-state index in [-0.39, 0.29) is 0 Å². The molecule has 0 aliphatic rings. The van der Waals surface area contributed by atoms with Gasteiger partial charge in [0.05, 0.1) is 11.4 Å². The molecular weight excluding hydrogens is 312 g/mol. The van der Waals surface area contributed by atoms with Crippen molar-refractivity contribution in [3.05, 3.63) is 38.3 Å². The molecule has 0 aliphatic heterocycles. The van der Waals surface area contributed by atoms with Gasteiger partial charge in [0.25, 0.3) is 0 Å². The number of hydrogen-bond donors (Lipinski definition) is 1. The Morgan fingerprint density at radius 2 is 2.22 bits per heavy atom. The second-order valence-corrected chi connectivity index (χ2v) is 6.09. The van der Waals surface area contributed by atoms with Gasteiger partial charge in [-0.3, -0.25) is 4.68 Å². The van der Waals surface area contributed by atoms with Gasteiger partial charge >= 0.3 is 0 Å². The number of aryl methyl sites for hydroxylation is 2. The van der Waals surface area contributed by atoms with Crippen LogP contribution in [0.2, 0.25) is 0 Å². The first-order chi connectivity index (χ1) is 8.63. The van der Waals surface area contributed by atoms with Crippen molar-refractivity contribution in [3.8, 4) is 0 Å². The highest BCUT2D eigenvalue weighted by molar-refractivity contribution is 9.10. The summed E-state index contributed by atoms with van der Waals surface area (Å²) < 4.78 is 2.97. The Balaban J connectivity index is 2.17. The third kappa shape index (κ3) is 3.02. The number of aliphatic hydroxyl groups is 1. The molecular formula is C13H17BrN2OS. The van der Waals surface area contributed by atoms with E-state index in [2.05, 4.69) is 34.0 Å². The van der Waals surface area contributed by atoms with Crippen molar-refractivity contribution >= 4 is 27.3 Å². The maximum Gasteiger partial charge on any atom is 0.100 e. The minimum atomic E-state index is -0.483. The monoisotopic (exact) mass is 328 g/mol. The first kappa shape index (κ1) is 13.8.